The van der Waals surface area contributed by atoms with Crippen LogP contribution in [0.2, 0.25) is 0 Å². The predicted molar refractivity (Wildman–Crippen MR) is 128 cm³/mol. The average molecular weight is 402 g/mol. The Kier molecular flexibility index (Phi) is 6.11. The molecule has 2 aromatic heterocycles. The minimum Gasteiger partial charge on any atom is -0.377 e. The van der Waals surface area contributed by atoms with Gasteiger partial charge in [0.25, 0.3) is 0 Å². The summed E-state index contributed by atoms with van der Waals surface area (Å²) < 4.78 is 1.84. The molecule has 3 N–H and O–H groups in total. The van der Waals surface area contributed by atoms with Crippen molar-refractivity contribution in [1.29, 1.82) is 0 Å². The first-order valence-corrected chi connectivity index (χ1v) is 10.3. The lowest BCUT2D eigenvalue weighted by atomic mass is 9.99. The van der Waals surface area contributed by atoms with Gasteiger partial charge in [-0.05, 0) is 55.0 Å². The number of allylic oxidation sites excluding steroid dienone is 2. The number of imidazole rings is 1. The van der Waals surface area contributed by atoms with Gasteiger partial charge >= 0.3 is 0 Å². The van der Waals surface area contributed by atoms with Gasteiger partial charge in [-0.25, -0.2) is 9.97 Å². The Balaban J connectivity index is 1.92. The van der Waals surface area contributed by atoms with E-state index in [2.05, 4.69) is 68.2 Å². The van der Waals surface area contributed by atoms with Crippen molar-refractivity contribution in [3.05, 3.63) is 78.3 Å². The topological polar surface area (TPSA) is 68.2 Å². The normalized spacial score (nSPS) is 12.0. The summed E-state index contributed by atoms with van der Waals surface area (Å²) in [6, 6.07) is 10.7. The molecular formula is C25H31N5. The predicted octanol–water partition coefficient (Wildman–Crippen LogP) is 5.79. The first kappa shape index (κ1) is 21.4. The van der Waals surface area contributed by atoms with Crippen LogP contribution < -0.4 is 11.1 Å². The Bertz CT molecular complexity index is 1120. The number of benzene rings is 1. The molecule has 1 atom stereocenters. The van der Waals surface area contributed by atoms with Gasteiger partial charge < -0.3 is 11.1 Å². The summed E-state index contributed by atoms with van der Waals surface area (Å²) in [5, 5.41) is 3.55. The van der Waals surface area contributed by atoms with E-state index in [1.807, 2.05) is 24.3 Å². The van der Waals surface area contributed by atoms with E-state index >= 15 is 0 Å². The number of hydrogen-bond donors (Lipinski definition) is 2. The number of nitrogen functional groups attached to an aromatic ring is 1. The van der Waals surface area contributed by atoms with Gasteiger partial charge in [0.05, 0.1) is 28.8 Å². The van der Waals surface area contributed by atoms with Gasteiger partial charge in [-0.1, -0.05) is 57.8 Å². The summed E-state index contributed by atoms with van der Waals surface area (Å²) in [5.74, 6) is 0.415. The maximum atomic E-state index is 6.09. The van der Waals surface area contributed by atoms with Crippen molar-refractivity contribution in [2.24, 2.45) is 0 Å². The first-order chi connectivity index (χ1) is 14.3. The molecule has 1 aromatic carbocycles. The van der Waals surface area contributed by atoms with Crippen LogP contribution in [-0.2, 0) is 0 Å². The number of nitrogens with one attached hydrogen (secondary N) is 1. The van der Waals surface area contributed by atoms with Crippen molar-refractivity contribution in [2.45, 2.75) is 46.6 Å². The molecule has 30 heavy (non-hydrogen) atoms. The smallest absolute Gasteiger partial charge is 0.206 e. The van der Waals surface area contributed by atoms with Crippen molar-refractivity contribution >= 4 is 28.4 Å². The molecule has 0 aliphatic carbocycles. The first-order valence-electron chi connectivity index (χ1n) is 10.3. The quantitative estimate of drug-likeness (QED) is 0.501. The minimum atomic E-state index is 0.129. The van der Waals surface area contributed by atoms with Crippen LogP contribution >= 0.6 is 0 Å². The fourth-order valence-corrected chi connectivity index (χ4v) is 3.58. The largest absolute Gasteiger partial charge is 0.377 e. The van der Waals surface area contributed by atoms with E-state index in [1.165, 1.54) is 11.1 Å². The second-order valence-electron chi connectivity index (χ2n) is 7.68. The summed E-state index contributed by atoms with van der Waals surface area (Å²) in [6.45, 7) is 20.6. The fraction of sp³-hybridized carbons (Fsp3) is 0.280. The fourth-order valence-electron chi connectivity index (χ4n) is 3.58. The zero-order valence-electron chi connectivity index (χ0n) is 18.4. The molecule has 0 radical (unpaired) electrons. The maximum absolute atomic E-state index is 6.09. The van der Waals surface area contributed by atoms with E-state index in [0.29, 0.717) is 5.95 Å². The molecule has 0 fully saturated rings. The van der Waals surface area contributed by atoms with E-state index in [0.717, 1.165) is 52.4 Å². The van der Waals surface area contributed by atoms with Crippen LogP contribution in [0.4, 0.5) is 5.95 Å². The lowest BCUT2D eigenvalue weighted by molar-refractivity contribution is 0.613. The van der Waals surface area contributed by atoms with Crippen molar-refractivity contribution in [2.75, 3.05) is 5.73 Å². The zero-order valence-corrected chi connectivity index (χ0v) is 18.4. The van der Waals surface area contributed by atoms with Crippen molar-refractivity contribution in [3.63, 3.8) is 0 Å². The molecule has 156 valence electrons. The molecule has 0 saturated heterocycles. The van der Waals surface area contributed by atoms with E-state index < -0.39 is 0 Å². The Morgan fingerprint density at radius 3 is 2.37 bits per heavy atom. The summed E-state index contributed by atoms with van der Waals surface area (Å²) in [5.41, 5.74) is 14.4. The van der Waals surface area contributed by atoms with Crippen LogP contribution in [0.25, 0.3) is 22.5 Å². The lowest BCUT2D eigenvalue weighted by Crippen LogP contribution is -2.20. The molecule has 0 unspecified atom stereocenters. The Morgan fingerprint density at radius 2 is 1.80 bits per heavy atom. The molecule has 0 saturated carbocycles. The van der Waals surface area contributed by atoms with Gasteiger partial charge in [0.15, 0.2) is 5.65 Å². The molecule has 0 spiro atoms. The third-order valence-electron chi connectivity index (χ3n) is 5.44. The van der Waals surface area contributed by atoms with Gasteiger partial charge in [0.2, 0.25) is 5.95 Å². The van der Waals surface area contributed by atoms with Crippen LogP contribution in [-0.4, -0.2) is 14.4 Å². The lowest BCUT2D eigenvalue weighted by Gasteiger charge is -2.21. The number of hydrogen-bond acceptors (Lipinski definition) is 4. The van der Waals surface area contributed by atoms with Gasteiger partial charge in [0.1, 0.15) is 0 Å². The second kappa shape index (κ2) is 8.57. The second-order valence-corrected chi connectivity index (χ2v) is 7.68. The Labute approximate surface area is 179 Å². The van der Waals surface area contributed by atoms with Crippen molar-refractivity contribution < 1.29 is 0 Å². The Morgan fingerprint density at radius 1 is 1.13 bits per heavy atom. The molecule has 3 rings (SSSR count). The highest BCUT2D eigenvalue weighted by Gasteiger charge is 2.17. The van der Waals surface area contributed by atoms with Gasteiger partial charge in [-0.2, -0.15) is 0 Å². The zero-order chi connectivity index (χ0) is 22.0. The number of nitrogens with two attached hydrogens (primary N) is 1. The highest BCUT2D eigenvalue weighted by molar-refractivity contribution is 5.71. The third-order valence-corrected chi connectivity index (χ3v) is 5.44. The molecule has 3 aromatic rings. The maximum Gasteiger partial charge on any atom is 0.206 e. The van der Waals surface area contributed by atoms with Gasteiger partial charge in [-0.15, -0.1) is 0 Å². The third kappa shape index (κ3) is 4.01. The van der Waals surface area contributed by atoms with Crippen molar-refractivity contribution in [1.82, 2.24) is 19.7 Å². The highest BCUT2D eigenvalue weighted by Crippen LogP contribution is 2.26. The van der Waals surface area contributed by atoms with E-state index in [1.54, 1.807) is 0 Å². The summed E-state index contributed by atoms with van der Waals surface area (Å²) in [6.07, 6.45) is 1.87. The molecular weight excluding hydrogens is 370 g/mol. The Hall–Kier alpha value is -3.34. The number of anilines is 1. The number of aryl methyl sites for hydroxylation is 1. The number of nitrogens with zero attached hydrogens (tertiary/aromatic N) is 3. The van der Waals surface area contributed by atoms with E-state index in [9.17, 15) is 0 Å². The van der Waals surface area contributed by atoms with Crippen LogP contribution in [0.15, 0.2) is 50.1 Å². The van der Waals surface area contributed by atoms with E-state index in [4.69, 9.17) is 10.7 Å². The summed E-state index contributed by atoms with van der Waals surface area (Å²) >= 11 is 0. The molecule has 0 bridgehead atoms. The number of aromatic nitrogens is 3. The standard InChI is InChI=1S/C25H31N5/c1-8-16(5)19-10-12-20(13-11-19)21(9-2)27-17(6)22-14-23(15(3)4)30-24(29-22)18(7)28-25(30)26/h10-14,21,27H,3,5-6,8-9H2,1-2,4,7H3,(H2,26,28)/t21-/m0/s1. The molecule has 0 amide bonds. The number of rotatable bonds is 8. The summed E-state index contributed by atoms with van der Waals surface area (Å²) in [4.78, 5) is 9.14. The molecule has 0 aliphatic heterocycles. The minimum absolute atomic E-state index is 0.129. The molecule has 5 nitrogen and oxygen atoms in total. The monoisotopic (exact) mass is 401 g/mol. The van der Waals surface area contributed by atoms with Crippen LogP contribution in [0.3, 0.4) is 0 Å². The molecule has 0 aliphatic rings. The molecule has 5 heteroatoms. The SMILES string of the molecule is C=C(CC)c1ccc([C@H](CC)NC(=C)c2cc(C(=C)C)n3c(N)nc(C)c3n2)cc1. The van der Waals surface area contributed by atoms with Gasteiger partial charge in [-0.3, -0.25) is 4.40 Å². The van der Waals surface area contributed by atoms with Crippen LogP contribution in [0, 0.1) is 6.92 Å². The summed E-state index contributed by atoms with van der Waals surface area (Å²) in [7, 11) is 0. The average Bonchev–Trinajstić information content (AvgIpc) is 3.04. The van der Waals surface area contributed by atoms with Crippen LogP contribution in [0.1, 0.15) is 67.9 Å². The highest BCUT2D eigenvalue weighted by atomic mass is 15.2. The van der Waals surface area contributed by atoms with E-state index in [-0.39, 0.29) is 6.04 Å². The molecule has 2 heterocycles. The van der Waals surface area contributed by atoms with Gasteiger partial charge in [0, 0.05) is 0 Å². The van der Waals surface area contributed by atoms with Crippen molar-refractivity contribution in [3.8, 4) is 0 Å². The number of fused-ring (bicyclic) bond motifs is 1. The van der Waals surface area contributed by atoms with Crippen LogP contribution in [0.5, 0.6) is 0 Å².